The molecule has 4 saturated carbocycles. The maximum Gasteiger partial charge on any atom is 0.317 e. The molecule has 1 aliphatic heterocycles. The van der Waals surface area contributed by atoms with Gasteiger partial charge in [-0.25, -0.2) is 4.39 Å². The SMILES string of the molecule is C[C@@]1([N+](=O)[O-])C(=O)c2cc(F)ccc2O[C@H]1CC(=O)NC12CC3CC(CC(C3)C1)C2. The summed E-state index contributed by atoms with van der Waals surface area (Å²) >= 11 is 0. The molecule has 4 fully saturated rings. The van der Waals surface area contributed by atoms with E-state index in [4.69, 9.17) is 4.74 Å². The number of fused-ring (bicyclic) bond motifs is 1. The van der Waals surface area contributed by atoms with Crippen LogP contribution in [0.25, 0.3) is 0 Å². The van der Waals surface area contributed by atoms with Gasteiger partial charge in [0.15, 0.2) is 6.10 Å². The Balaban J connectivity index is 1.38. The molecule has 2 atom stereocenters. The van der Waals surface area contributed by atoms with Gasteiger partial charge in [0, 0.05) is 17.4 Å². The first-order chi connectivity index (χ1) is 14.2. The Bertz CT molecular complexity index is 912. The van der Waals surface area contributed by atoms with E-state index in [9.17, 15) is 24.1 Å². The number of ketones is 1. The summed E-state index contributed by atoms with van der Waals surface area (Å²) in [5.41, 5.74) is -2.54. The van der Waals surface area contributed by atoms with Gasteiger partial charge in [0.1, 0.15) is 11.6 Å². The number of benzene rings is 1. The van der Waals surface area contributed by atoms with Crippen LogP contribution in [-0.4, -0.2) is 33.8 Å². The van der Waals surface area contributed by atoms with Crippen LogP contribution in [0, 0.1) is 33.7 Å². The number of carbonyl (C=O) groups excluding carboxylic acids is 2. The largest absolute Gasteiger partial charge is 0.481 e. The Hall–Kier alpha value is -2.51. The molecule has 0 radical (unpaired) electrons. The fourth-order valence-corrected chi connectivity index (χ4v) is 6.69. The molecule has 0 saturated heterocycles. The van der Waals surface area contributed by atoms with Crippen LogP contribution in [-0.2, 0) is 4.79 Å². The Kier molecular flexibility index (Phi) is 4.21. The Morgan fingerprint density at radius 2 is 1.83 bits per heavy atom. The second kappa shape index (κ2) is 6.49. The number of carbonyl (C=O) groups is 2. The maximum absolute atomic E-state index is 13.6. The minimum atomic E-state index is -2.15. The number of nitro groups is 1. The molecule has 4 bridgehead atoms. The third-order valence-electron chi connectivity index (χ3n) is 7.74. The van der Waals surface area contributed by atoms with E-state index in [-0.39, 0.29) is 29.2 Å². The first-order valence-corrected chi connectivity index (χ1v) is 10.6. The Morgan fingerprint density at radius 1 is 1.23 bits per heavy atom. The molecular weight excluding hydrogens is 391 g/mol. The Labute approximate surface area is 173 Å². The van der Waals surface area contributed by atoms with Crippen molar-refractivity contribution in [1.29, 1.82) is 0 Å². The summed E-state index contributed by atoms with van der Waals surface area (Å²) in [6.07, 6.45) is 5.05. The molecule has 0 spiro atoms. The minimum absolute atomic E-state index is 0.0772. The molecule has 160 valence electrons. The van der Waals surface area contributed by atoms with Crippen molar-refractivity contribution in [2.45, 2.75) is 69.1 Å². The van der Waals surface area contributed by atoms with Crippen molar-refractivity contribution in [1.82, 2.24) is 5.32 Å². The van der Waals surface area contributed by atoms with Gasteiger partial charge in [0.2, 0.25) is 11.7 Å². The molecule has 4 aliphatic carbocycles. The minimum Gasteiger partial charge on any atom is -0.481 e. The highest BCUT2D eigenvalue weighted by molar-refractivity contribution is 6.06. The van der Waals surface area contributed by atoms with Gasteiger partial charge >= 0.3 is 5.54 Å². The van der Waals surface area contributed by atoms with Gasteiger partial charge in [-0.1, -0.05) is 0 Å². The highest BCUT2D eigenvalue weighted by Gasteiger charge is 2.59. The molecule has 1 aromatic carbocycles. The predicted molar refractivity (Wildman–Crippen MR) is 104 cm³/mol. The van der Waals surface area contributed by atoms with Crippen LogP contribution in [0.2, 0.25) is 0 Å². The topological polar surface area (TPSA) is 98.5 Å². The molecule has 1 N–H and O–H groups in total. The number of rotatable bonds is 4. The van der Waals surface area contributed by atoms with Gasteiger partial charge < -0.3 is 10.1 Å². The molecule has 30 heavy (non-hydrogen) atoms. The van der Waals surface area contributed by atoms with Crippen molar-refractivity contribution in [2.24, 2.45) is 17.8 Å². The maximum atomic E-state index is 13.6. The van der Waals surface area contributed by atoms with Crippen LogP contribution in [0.15, 0.2) is 18.2 Å². The number of amides is 1. The number of halogens is 1. The van der Waals surface area contributed by atoms with Gasteiger partial charge in [-0.15, -0.1) is 0 Å². The summed E-state index contributed by atoms with van der Waals surface area (Å²) in [5.74, 6) is 0.191. The van der Waals surface area contributed by atoms with E-state index in [0.29, 0.717) is 17.8 Å². The third-order valence-corrected chi connectivity index (χ3v) is 7.74. The lowest BCUT2D eigenvalue weighted by molar-refractivity contribution is -0.556. The number of nitrogens with one attached hydrogen (secondary N) is 1. The summed E-state index contributed by atoms with van der Waals surface area (Å²) in [5, 5.41) is 15.0. The second-order valence-electron chi connectivity index (χ2n) is 9.93. The monoisotopic (exact) mass is 416 g/mol. The molecule has 8 heteroatoms. The number of nitrogens with zero attached hydrogens (tertiary/aromatic N) is 1. The lowest BCUT2D eigenvalue weighted by Gasteiger charge is -2.57. The van der Waals surface area contributed by atoms with Crippen molar-refractivity contribution >= 4 is 11.7 Å². The van der Waals surface area contributed by atoms with Crippen molar-refractivity contribution in [3.8, 4) is 5.75 Å². The van der Waals surface area contributed by atoms with Crippen LogP contribution in [0.4, 0.5) is 4.39 Å². The molecule has 1 heterocycles. The number of hydrogen-bond donors (Lipinski definition) is 1. The summed E-state index contributed by atoms with van der Waals surface area (Å²) in [6.45, 7) is 1.16. The Morgan fingerprint density at radius 3 is 2.40 bits per heavy atom. The van der Waals surface area contributed by atoms with Crippen LogP contribution in [0.1, 0.15) is 62.2 Å². The van der Waals surface area contributed by atoms with Crippen LogP contribution < -0.4 is 10.1 Å². The number of hydrogen-bond acceptors (Lipinski definition) is 5. The molecular formula is C22H25FN2O5. The third kappa shape index (κ3) is 2.91. The van der Waals surface area contributed by atoms with Gasteiger partial charge in [-0.05, 0) is 74.5 Å². The molecule has 0 unspecified atom stereocenters. The van der Waals surface area contributed by atoms with Gasteiger partial charge in [0.05, 0.1) is 12.0 Å². The van der Waals surface area contributed by atoms with E-state index in [2.05, 4.69) is 5.32 Å². The summed E-state index contributed by atoms with van der Waals surface area (Å²) in [4.78, 5) is 37.1. The summed E-state index contributed by atoms with van der Waals surface area (Å²) < 4.78 is 19.3. The number of ether oxygens (including phenoxy) is 1. The lowest BCUT2D eigenvalue weighted by atomic mass is 9.53. The highest BCUT2D eigenvalue weighted by atomic mass is 19.1. The predicted octanol–water partition coefficient (Wildman–Crippen LogP) is 3.28. The van der Waals surface area contributed by atoms with Crippen molar-refractivity contribution < 1.29 is 23.6 Å². The fraction of sp³-hybridized carbons (Fsp3) is 0.636. The normalized spacial score (nSPS) is 38.7. The van der Waals surface area contributed by atoms with Gasteiger partial charge in [-0.3, -0.25) is 19.7 Å². The second-order valence-corrected chi connectivity index (χ2v) is 9.93. The van der Waals surface area contributed by atoms with E-state index in [0.717, 1.165) is 38.3 Å². The zero-order valence-corrected chi connectivity index (χ0v) is 16.9. The zero-order valence-electron chi connectivity index (χ0n) is 16.9. The van der Waals surface area contributed by atoms with Gasteiger partial charge in [-0.2, -0.15) is 0 Å². The van der Waals surface area contributed by atoms with Crippen molar-refractivity contribution in [2.75, 3.05) is 0 Å². The molecule has 0 aromatic heterocycles. The van der Waals surface area contributed by atoms with E-state index < -0.39 is 28.2 Å². The van der Waals surface area contributed by atoms with E-state index in [1.807, 2.05) is 0 Å². The van der Waals surface area contributed by atoms with Crippen LogP contribution in [0.3, 0.4) is 0 Å². The van der Waals surface area contributed by atoms with Crippen molar-refractivity contribution in [3.05, 3.63) is 39.7 Å². The molecule has 6 rings (SSSR count). The van der Waals surface area contributed by atoms with E-state index in [1.165, 1.54) is 25.3 Å². The smallest absolute Gasteiger partial charge is 0.317 e. The highest BCUT2D eigenvalue weighted by Crippen LogP contribution is 2.55. The summed E-state index contributed by atoms with van der Waals surface area (Å²) in [7, 11) is 0. The zero-order chi connectivity index (χ0) is 21.3. The average Bonchev–Trinajstić information content (AvgIpc) is 2.64. The quantitative estimate of drug-likeness (QED) is 0.600. The van der Waals surface area contributed by atoms with Crippen LogP contribution >= 0.6 is 0 Å². The number of Topliss-reactive ketones (excluding diaryl/α,β-unsaturated/α-hetero) is 1. The first-order valence-electron chi connectivity index (χ1n) is 10.6. The van der Waals surface area contributed by atoms with E-state index in [1.54, 1.807) is 0 Å². The van der Waals surface area contributed by atoms with Crippen LogP contribution in [0.5, 0.6) is 5.75 Å². The lowest BCUT2D eigenvalue weighted by Crippen LogP contribution is -2.62. The van der Waals surface area contributed by atoms with Crippen molar-refractivity contribution in [3.63, 3.8) is 0 Å². The molecule has 1 amide bonds. The average molecular weight is 416 g/mol. The van der Waals surface area contributed by atoms with E-state index >= 15 is 0 Å². The fourth-order valence-electron chi connectivity index (χ4n) is 6.69. The molecule has 1 aromatic rings. The standard InChI is InChI=1S/C22H25FN2O5/c1-21(25(28)29)18(30-17-3-2-15(23)7-16(17)20(21)27)8-19(26)24-22-9-12-4-13(10-22)6-14(5-12)11-22/h2-3,7,12-14,18H,4-6,8-11H2,1H3,(H,24,26)/t12?,13?,14?,18-,21-,22?/m0/s1. The first kappa shape index (κ1) is 19.5. The van der Waals surface area contributed by atoms with Gasteiger partial charge in [0.25, 0.3) is 0 Å². The molecule has 7 nitrogen and oxygen atoms in total. The molecule has 5 aliphatic rings. The summed E-state index contributed by atoms with van der Waals surface area (Å²) in [6, 6.07) is 3.37.